The number of rotatable bonds is 2. The summed E-state index contributed by atoms with van der Waals surface area (Å²) in [6.07, 6.45) is -0.515. The second-order valence-electron chi connectivity index (χ2n) is 4.08. The Kier molecular flexibility index (Phi) is 2.94. The van der Waals surface area contributed by atoms with E-state index in [0.29, 0.717) is 6.61 Å². The number of hydrogen-bond donors (Lipinski definition) is 1. The molecule has 2 heterocycles. The van der Waals surface area contributed by atoms with Crippen molar-refractivity contribution in [2.24, 2.45) is 0 Å². The molecule has 0 bridgehead atoms. The maximum absolute atomic E-state index is 10.4. The van der Waals surface area contributed by atoms with Crippen molar-refractivity contribution in [1.82, 2.24) is 0 Å². The van der Waals surface area contributed by atoms with Gasteiger partial charge in [0.2, 0.25) is 0 Å². The standard InChI is InChI=1S/C13H11BrO2S/c14-11-7-17-6-10(11)13(15)9-5-16-12-4-2-1-3-8(9)12/h1-4,6-7,9,13,15H,5H2. The Balaban J connectivity index is 1.95. The van der Waals surface area contributed by atoms with Crippen molar-refractivity contribution >= 4 is 27.3 Å². The third-order valence-electron chi connectivity index (χ3n) is 3.08. The maximum atomic E-state index is 10.4. The summed E-state index contributed by atoms with van der Waals surface area (Å²) in [7, 11) is 0. The lowest BCUT2D eigenvalue weighted by molar-refractivity contribution is 0.130. The van der Waals surface area contributed by atoms with Gasteiger partial charge in [-0.1, -0.05) is 18.2 Å². The largest absolute Gasteiger partial charge is 0.493 e. The normalized spacial score (nSPS) is 19.8. The molecule has 2 nitrogen and oxygen atoms in total. The monoisotopic (exact) mass is 310 g/mol. The first-order valence-electron chi connectivity index (χ1n) is 5.39. The Morgan fingerprint density at radius 2 is 2.18 bits per heavy atom. The van der Waals surface area contributed by atoms with E-state index in [4.69, 9.17) is 4.74 Å². The Hall–Kier alpha value is -0.840. The summed E-state index contributed by atoms with van der Waals surface area (Å²) in [5.41, 5.74) is 2.04. The van der Waals surface area contributed by atoms with E-state index in [-0.39, 0.29) is 5.92 Å². The van der Waals surface area contributed by atoms with Crippen molar-refractivity contribution in [2.45, 2.75) is 12.0 Å². The molecule has 0 amide bonds. The van der Waals surface area contributed by atoms with Crippen molar-refractivity contribution in [1.29, 1.82) is 0 Å². The molecule has 1 aliphatic heterocycles. The van der Waals surface area contributed by atoms with E-state index in [0.717, 1.165) is 21.3 Å². The molecule has 88 valence electrons. The minimum atomic E-state index is -0.515. The van der Waals surface area contributed by atoms with Gasteiger partial charge in [0.1, 0.15) is 5.75 Å². The molecule has 0 fully saturated rings. The van der Waals surface area contributed by atoms with E-state index in [1.165, 1.54) is 0 Å². The lowest BCUT2D eigenvalue weighted by Crippen LogP contribution is -2.12. The highest BCUT2D eigenvalue weighted by atomic mass is 79.9. The summed E-state index contributed by atoms with van der Waals surface area (Å²) in [5.74, 6) is 0.917. The molecule has 17 heavy (non-hydrogen) atoms. The first-order valence-corrected chi connectivity index (χ1v) is 7.12. The average Bonchev–Trinajstić information content (AvgIpc) is 2.94. The summed E-state index contributed by atoms with van der Waals surface area (Å²) < 4.78 is 6.57. The zero-order chi connectivity index (χ0) is 11.8. The number of para-hydroxylation sites is 1. The van der Waals surface area contributed by atoms with Crippen LogP contribution in [0.3, 0.4) is 0 Å². The Morgan fingerprint density at radius 3 is 2.94 bits per heavy atom. The fourth-order valence-electron chi connectivity index (χ4n) is 2.17. The zero-order valence-corrected chi connectivity index (χ0v) is 11.4. The first-order chi connectivity index (χ1) is 8.27. The van der Waals surface area contributed by atoms with Gasteiger partial charge in [-0.3, -0.25) is 0 Å². The highest BCUT2D eigenvalue weighted by Gasteiger charge is 2.32. The summed E-state index contributed by atoms with van der Waals surface area (Å²) in [6.45, 7) is 0.544. The van der Waals surface area contributed by atoms with Crippen LogP contribution in [0.4, 0.5) is 0 Å². The molecule has 3 rings (SSSR count). The number of hydrogen-bond acceptors (Lipinski definition) is 3. The molecular weight excluding hydrogens is 300 g/mol. The lowest BCUT2D eigenvalue weighted by atomic mass is 9.92. The molecule has 4 heteroatoms. The van der Waals surface area contributed by atoms with Gasteiger partial charge in [0.15, 0.2) is 0 Å². The summed E-state index contributed by atoms with van der Waals surface area (Å²) >= 11 is 5.05. The van der Waals surface area contributed by atoms with Crippen LogP contribution in [0.15, 0.2) is 39.5 Å². The van der Waals surface area contributed by atoms with Gasteiger partial charge in [-0.05, 0) is 27.4 Å². The van der Waals surface area contributed by atoms with Crippen molar-refractivity contribution in [3.8, 4) is 5.75 Å². The van der Waals surface area contributed by atoms with Gasteiger partial charge < -0.3 is 9.84 Å². The van der Waals surface area contributed by atoms with E-state index in [2.05, 4.69) is 15.9 Å². The second kappa shape index (κ2) is 4.44. The average molecular weight is 311 g/mol. The van der Waals surface area contributed by atoms with E-state index in [1.807, 2.05) is 35.0 Å². The third kappa shape index (κ3) is 1.90. The van der Waals surface area contributed by atoms with Gasteiger partial charge in [0.25, 0.3) is 0 Å². The minimum Gasteiger partial charge on any atom is -0.493 e. The molecule has 1 N–H and O–H groups in total. The van der Waals surface area contributed by atoms with Crippen LogP contribution in [0.5, 0.6) is 5.75 Å². The van der Waals surface area contributed by atoms with Crippen LogP contribution in [0.2, 0.25) is 0 Å². The molecule has 0 aliphatic carbocycles. The summed E-state index contributed by atoms with van der Waals surface area (Å²) in [6, 6.07) is 7.91. The quantitative estimate of drug-likeness (QED) is 0.916. The van der Waals surface area contributed by atoms with Gasteiger partial charge in [-0.2, -0.15) is 11.3 Å². The van der Waals surface area contributed by atoms with Crippen molar-refractivity contribution < 1.29 is 9.84 Å². The lowest BCUT2D eigenvalue weighted by Gasteiger charge is -2.16. The highest BCUT2D eigenvalue weighted by molar-refractivity contribution is 9.10. The van der Waals surface area contributed by atoms with Gasteiger partial charge in [-0.25, -0.2) is 0 Å². The SMILES string of the molecule is OC(c1cscc1Br)C1COc2ccccc21. The van der Waals surface area contributed by atoms with E-state index in [1.54, 1.807) is 11.3 Å². The van der Waals surface area contributed by atoms with Crippen LogP contribution < -0.4 is 4.74 Å². The van der Waals surface area contributed by atoms with Gasteiger partial charge in [-0.15, -0.1) is 0 Å². The van der Waals surface area contributed by atoms with Crippen LogP contribution >= 0.6 is 27.3 Å². The molecule has 1 aromatic heterocycles. The van der Waals surface area contributed by atoms with E-state index in [9.17, 15) is 5.11 Å². The molecular formula is C13H11BrO2S. The molecule has 0 spiro atoms. The smallest absolute Gasteiger partial charge is 0.123 e. The van der Waals surface area contributed by atoms with Crippen LogP contribution in [0.25, 0.3) is 0 Å². The summed E-state index contributed by atoms with van der Waals surface area (Å²) in [5, 5.41) is 14.4. The Morgan fingerprint density at radius 1 is 1.35 bits per heavy atom. The number of halogens is 1. The van der Waals surface area contributed by atoms with Crippen LogP contribution in [-0.4, -0.2) is 11.7 Å². The molecule has 0 saturated heterocycles. The molecule has 2 atom stereocenters. The number of aliphatic hydroxyl groups is 1. The first kappa shape index (κ1) is 11.3. The fraction of sp³-hybridized carbons (Fsp3) is 0.231. The number of aliphatic hydroxyl groups excluding tert-OH is 1. The van der Waals surface area contributed by atoms with Crippen molar-refractivity contribution in [2.75, 3.05) is 6.61 Å². The maximum Gasteiger partial charge on any atom is 0.123 e. The number of benzene rings is 1. The summed E-state index contributed by atoms with van der Waals surface area (Å²) in [4.78, 5) is 0. The van der Waals surface area contributed by atoms with Crippen LogP contribution in [0, 0.1) is 0 Å². The molecule has 0 saturated carbocycles. The number of thiophene rings is 1. The van der Waals surface area contributed by atoms with Crippen molar-refractivity contribution in [3.05, 3.63) is 50.6 Å². The van der Waals surface area contributed by atoms with E-state index < -0.39 is 6.10 Å². The second-order valence-corrected chi connectivity index (χ2v) is 5.67. The zero-order valence-electron chi connectivity index (χ0n) is 8.97. The molecule has 0 radical (unpaired) electrons. The topological polar surface area (TPSA) is 29.5 Å². The van der Waals surface area contributed by atoms with Crippen LogP contribution in [0.1, 0.15) is 23.1 Å². The fourth-order valence-corrected chi connectivity index (χ4v) is 3.73. The molecule has 2 unspecified atom stereocenters. The molecule has 1 aliphatic rings. The minimum absolute atomic E-state index is 0.0251. The van der Waals surface area contributed by atoms with Gasteiger partial charge >= 0.3 is 0 Å². The predicted octanol–water partition coefficient (Wildman–Crippen LogP) is 3.72. The number of ether oxygens (including phenoxy) is 1. The highest BCUT2D eigenvalue weighted by Crippen LogP contribution is 2.43. The Bertz CT molecular complexity index is 538. The molecule has 1 aromatic carbocycles. The predicted molar refractivity (Wildman–Crippen MR) is 71.7 cm³/mol. The van der Waals surface area contributed by atoms with Crippen LogP contribution in [-0.2, 0) is 0 Å². The van der Waals surface area contributed by atoms with E-state index >= 15 is 0 Å². The number of fused-ring (bicyclic) bond motifs is 1. The van der Waals surface area contributed by atoms with Gasteiger partial charge in [0, 0.05) is 21.0 Å². The third-order valence-corrected chi connectivity index (χ3v) is 4.83. The molecule has 2 aromatic rings. The van der Waals surface area contributed by atoms with Gasteiger partial charge in [0.05, 0.1) is 18.6 Å². The Labute approximate surface area is 112 Å². The van der Waals surface area contributed by atoms with Crippen molar-refractivity contribution in [3.63, 3.8) is 0 Å².